The van der Waals surface area contributed by atoms with Crippen molar-refractivity contribution in [2.24, 2.45) is 0 Å². The van der Waals surface area contributed by atoms with Crippen LogP contribution < -0.4 is 18.9 Å². The summed E-state index contributed by atoms with van der Waals surface area (Å²) in [7, 11) is 6.65. The number of aromatic nitrogens is 4. The number of fused-ring (bicyclic) bond motifs is 2. The number of rotatable bonds is 9. The van der Waals surface area contributed by atoms with Gasteiger partial charge in [0.1, 0.15) is 23.0 Å². The SMILES string of the molecule is COc1ccc(-c2cc3cc(-c4ccc5cc(-c6ccc(OC)cc6)c(-c6ccc(OC)cc6)nc5n4)cnc3nc2-c2ccc(OC)cc2)cc1. The Bertz CT molecular complexity index is 2360. The highest BCUT2D eigenvalue weighted by Crippen LogP contribution is 2.37. The molecule has 0 N–H and O–H groups in total. The molecule has 0 aliphatic carbocycles. The standard InChI is InChI=1S/C44H34N4O4/c1-49-34-14-5-27(6-15-34)38-24-31-13-22-40(46-44(31)48-42(38)30-11-20-37(52-4)21-12-30)33-23-32-25-39(28-7-16-35(50-2)17-8-28)41(47-43(32)45-26-33)29-9-18-36(51-3)19-10-29/h5-26H,1-4H3. The van der Waals surface area contributed by atoms with Crippen molar-refractivity contribution in [3.8, 4) is 79.0 Å². The van der Waals surface area contributed by atoms with Crippen molar-refractivity contribution in [3.05, 3.63) is 134 Å². The Kier molecular flexibility index (Phi) is 8.63. The lowest BCUT2D eigenvalue weighted by Gasteiger charge is -2.14. The molecule has 0 aliphatic rings. The summed E-state index contributed by atoms with van der Waals surface area (Å²) in [6.45, 7) is 0. The van der Waals surface area contributed by atoms with E-state index in [1.807, 2.05) is 109 Å². The van der Waals surface area contributed by atoms with Crippen LogP contribution in [-0.4, -0.2) is 48.4 Å². The molecule has 8 nitrogen and oxygen atoms in total. The molecule has 8 aromatic rings. The summed E-state index contributed by atoms with van der Waals surface area (Å²) in [6.07, 6.45) is 1.82. The third-order valence-corrected chi connectivity index (χ3v) is 9.17. The van der Waals surface area contributed by atoms with Crippen LogP contribution in [0.15, 0.2) is 134 Å². The van der Waals surface area contributed by atoms with Gasteiger partial charge < -0.3 is 18.9 Å². The number of benzene rings is 4. The minimum Gasteiger partial charge on any atom is -0.497 e. The summed E-state index contributed by atoms with van der Waals surface area (Å²) >= 11 is 0. The Balaban J connectivity index is 1.24. The van der Waals surface area contributed by atoms with Crippen LogP contribution in [0.4, 0.5) is 0 Å². The second kappa shape index (κ2) is 13.8. The molecule has 0 atom stereocenters. The number of nitrogens with zero attached hydrogens (tertiary/aromatic N) is 4. The van der Waals surface area contributed by atoms with E-state index in [-0.39, 0.29) is 0 Å². The molecule has 0 radical (unpaired) electrons. The van der Waals surface area contributed by atoms with Crippen molar-refractivity contribution in [2.75, 3.05) is 28.4 Å². The zero-order valence-corrected chi connectivity index (χ0v) is 29.1. The highest BCUT2D eigenvalue weighted by atomic mass is 16.5. The maximum Gasteiger partial charge on any atom is 0.160 e. The molecular weight excluding hydrogens is 649 g/mol. The fourth-order valence-electron chi connectivity index (χ4n) is 6.34. The van der Waals surface area contributed by atoms with E-state index in [1.165, 1.54) is 0 Å². The highest BCUT2D eigenvalue weighted by Gasteiger charge is 2.16. The molecular formula is C44H34N4O4. The van der Waals surface area contributed by atoms with E-state index in [2.05, 4.69) is 24.3 Å². The lowest BCUT2D eigenvalue weighted by molar-refractivity contribution is 0.414. The van der Waals surface area contributed by atoms with Crippen molar-refractivity contribution in [1.82, 2.24) is 19.9 Å². The minimum absolute atomic E-state index is 0.632. The Hall–Kier alpha value is -6.80. The van der Waals surface area contributed by atoms with Gasteiger partial charge in [0.05, 0.1) is 45.5 Å². The van der Waals surface area contributed by atoms with Crippen molar-refractivity contribution in [2.45, 2.75) is 0 Å². The first-order chi connectivity index (χ1) is 25.5. The summed E-state index contributed by atoms with van der Waals surface area (Å²) in [5.74, 6) is 3.14. The largest absolute Gasteiger partial charge is 0.497 e. The predicted octanol–water partition coefficient (Wildman–Crippen LogP) is 9.94. The molecule has 0 spiro atoms. The van der Waals surface area contributed by atoms with Crippen LogP contribution in [0.25, 0.3) is 78.1 Å². The van der Waals surface area contributed by atoms with E-state index in [0.29, 0.717) is 11.3 Å². The van der Waals surface area contributed by atoms with Crippen LogP contribution in [0, 0.1) is 0 Å². The molecule has 8 heteroatoms. The highest BCUT2D eigenvalue weighted by molar-refractivity contribution is 5.94. The summed E-state index contributed by atoms with van der Waals surface area (Å²) in [5.41, 5.74) is 10.5. The molecule has 0 amide bonds. The van der Waals surface area contributed by atoms with Gasteiger partial charge in [0.2, 0.25) is 0 Å². The first-order valence-electron chi connectivity index (χ1n) is 16.7. The van der Waals surface area contributed by atoms with Gasteiger partial charge in [0.15, 0.2) is 11.3 Å². The van der Waals surface area contributed by atoms with E-state index < -0.39 is 0 Å². The van der Waals surface area contributed by atoms with E-state index in [9.17, 15) is 0 Å². The van der Waals surface area contributed by atoms with Gasteiger partial charge in [0.25, 0.3) is 0 Å². The first-order valence-corrected chi connectivity index (χ1v) is 16.7. The van der Waals surface area contributed by atoms with Crippen LogP contribution in [0.1, 0.15) is 0 Å². The molecule has 254 valence electrons. The molecule has 52 heavy (non-hydrogen) atoms. The molecule has 4 aromatic carbocycles. The smallest absolute Gasteiger partial charge is 0.160 e. The van der Waals surface area contributed by atoms with Crippen LogP contribution in [0.3, 0.4) is 0 Å². The van der Waals surface area contributed by atoms with Crippen LogP contribution in [0.2, 0.25) is 0 Å². The van der Waals surface area contributed by atoms with Crippen molar-refractivity contribution in [1.29, 1.82) is 0 Å². The number of hydrogen-bond acceptors (Lipinski definition) is 8. The lowest BCUT2D eigenvalue weighted by Crippen LogP contribution is -1.96. The quantitative estimate of drug-likeness (QED) is 0.149. The molecule has 0 saturated carbocycles. The minimum atomic E-state index is 0.632. The van der Waals surface area contributed by atoms with Crippen LogP contribution in [0.5, 0.6) is 23.0 Å². The summed E-state index contributed by atoms with van der Waals surface area (Å²) in [4.78, 5) is 20.1. The Labute approximate surface area is 301 Å². The fourth-order valence-corrected chi connectivity index (χ4v) is 6.34. The lowest BCUT2D eigenvalue weighted by atomic mass is 9.97. The van der Waals surface area contributed by atoms with Gasteiger partial charge in [-0.3, -0.25) is 0 Å². The van der Waals surface area contributed by atoms with E-state index >= 15 is 0 Å². The maximum atomic E-state index is 5.43. The molecule has 0 unspecified atom stereocenters. The number of methoxy groups -OCH3 is 4. The second-order valence-electron chi connectivity index (χ2n) is 12.2. The Morgan fingerprint density at radius 2 is 0.788 bits per heavy atom. The zero-order valence-electron chi connectivity index (χ0n) is 29.1. The van der Waals surface area contributed by atoms with Gasteiger partial charge in [-0.1, -0.05) is 24.3 Å². The summed E-state index contributed by atoms with van der Waals surface area (Å²) in [6, 6.07) is 42.3. The van der Waals surface area contributed by atoms with Crippen molar-refractivity contribution in [3.63, 3.8) is 0 Å². The van der Waals surface area contributed by atoms with Crippen molar-refractivity contribution >= 4 is 22.1 Å². The topological polar surface area (TPSA) is 88.5 Å². The maximum absolute atomic E-state index is 5.43. The van der Waals surface area contributed by atoms with E-state index in [1.54, 1.807) is 28.4 Å². The fraction of sp³-hybridized carbons (Fsp3) is 0.0909. The number of pyridine rings is 4. The first kappa shape index (κ1) is 32.4. The Morgan fingerprint density at radius 3 is 1.25 bits per heavy atom. The average Bonchev–Trinajstić information content (AvgIpc) is 3.22. The van der Waals surface area contributed by atoms with Gasteiger partial charge in [-0.05, 0) is 114 Å². The predicted molar refractivity (Wildman–Crippen MR) is 206 cm³/mol. The molecule has 8 rings (SSSR count). The van der Waals surface area contributed by atoms with Gasteiger partial charge in [-0.15, -0.1) is 0 Å². The molecule has 4 aromatic heterocycles. The average molecular weight is 683 g/mol. The second-order valence-corrected chi connectivity index (χ2v) is 12.2. The molecule has 4 heterocycles. The van der Waals surface area contributed by atoms with Gasteiger partial charge in [-0.2, -0.15) is 0 Å². The summed E-state index contributed by atoms with van der Waals surface area (Å²) in [5, 5.41) is 1.82. The molecule has 0 fully saturated rings. The van der Waals surface area contributed by atoms with E-state index in [4.69, 9.17) is 38.9 Å². The zero-order chi connectivity index (χ0) is 35.6. The normalized spacial score (nSPS) is 11.1. The van der Waals surface area contributed by atoms with Gasteiger partial charge in [-0.25, -0.2) is 19.9 Å². The number of hydrogen-bond donors (Lipinski definition) is 0. The van der Waals surface area contributed by atoms with Gasteiger partial charge >= 0.3 is 0 Å². The number of ether oxygens (including phenoxy) is 4. The molecule has 0 bridgehead atoms. The van der Waals surface area contributed by atoms with Crippen LogP contribution in [-0.2, 0) is 0 Å². The monoisotopic (exact) mass is 682 g/mol. The van der Waals surface area contributed by atoms with E-state index in [0.717, 1.165) is 89.8 Å². The van der Waals surface area contributed by atoms with Gasteiger partial charge in [0, 0.05) is 44.8 Å². The molecule has 0 saturated heterocycles. The third kappa shape index (κ3) is 6.22. The summed E-state index contributed by atoms with van der Waals surface area (Å²) < 4.78 is 21.7. The van der Waals surface area contributed by atoms with Crippen molar-refractivity contribution < 1.29 is 18.9 Å². The molecule has 0 aliphatic heterocycles. The van der Waals surface area contributed by atoms with Crippen LogP contribution >= 0.6 is 0 Å². The Morgan fingerprint density at radius 1 is 0.365 bits per heavy atom. The third-order valence-electron chi connectivity index (χ3n) is 9.17.